The Balaban J connectivity index is 1.41. The number of anilines is 1. The highest BCUT2D eigenvalue weighted by Gasteiger charge is 2.31. The molecule has 0 unspecified atom stereocenters. The highest BCUT2D eigenvalue weighted by atomic mass is 16.2. The molecule has 1 atom stereocenters. The predicted molar refractivity (Wildman–Crippen MR) is 134 cm³/mol. The number of benzene rings is 1. The van der Waals surface area contributed by atoms with Crippen molar-refractivity contribution in [2.45, 2.75) is 25.8 Å². The quantitative estimate of drug-likeness (QED) is 0.435. The molecule has 0 bridgehead atoms. The topological polar surface area (TPSA) is 102 Å². The van der Waals surface area contributed by atoms with Crippen molar-refractivity contribution in [3.63, 3.8) is 0 Å². The van der Waals surface area contributed by atoms with Gasteiger partial charge in [0, 0.05) is 24.3 Å². The van der Waals surface area contributed by atoms with Crippen LogP contribution in [0, 0.1) is 6.92 Å². The molecular formula is C26H24N8O. The van der Waals surface area contributed by atoms with E-state index in [9.17, 15) is 4.79 Å². The van der Waals surface area contributed by atoms with Crippen LogP contribution in [-0.4, -0.2) is 55.0 Å². The minimum Gasteiger partial charge on any atom is -0.315 e. The summed E-state index contributed by atoms with van der Waals surface area (Å²) in [5, 5.41) is 13.8. The fourth-order valence-electron chi connectivity index (χ4n) is 4.76. The summed E-state index contributed by atoms with van der Waals surface area (Å²) >= 11 is 0. The van der Waals surface area contributed by atoms with Gasteiger partial charge in [0.05, 0.1) is 17.9 Å². The maximum Gasteiger partial charge on any atom is 0.278 e. The first-order chi connectivity index (χ1) is 17.2. The summed E-state index contributed by atoms with van der Waals surface area (Å²) in [6, 6.07) is 15.3. The van der Waals surface area contributed by atoms with E-state index in [1.807, 2.05) is 35.2 Å². The highest BCUT2D eigenvalue weighted by molar-refractivity contribution is 6.10. The fraction of sp³-hybridized carbons (Fsp3) is 0.231. The molecule has 1 fully saturated rings. The van der Waals surface area contributed by atoms with E-state index < -0.39 is 0 Å². The van der Waals surface area contributed by atoms with Gasteiger partial charge < -0.3 is 5.32 Å². The summed E-state index contributed by atoms with van der Waals surface area (Å²) in [7, 11) is 0. The van der Waals surface area contributed by atoms with Crippen LogP contribution in [0.5, 0.6) is 0 Å². The van der Waals surface area contributed by atoms with E-state index in [1.54, 1.807) is 29.3 Å². The average molecular weight is 465 g/mol. The van der Waals surface area contributed by atoms with Crippen molar-refractivity contribution in [1.82, 2.24) is 35.3 Å². The minimum atomic E-state index is -0.171. The van der Waals surface area contributed by atoms with Crippen molar-refractivity contribution in [1.29, 1.82) is 0 Å². The van der Waals surface area contributed by atoms with Crippen LogP contribution >= 0.6 is 0 Å². The van der Waals surface area contributed by atoms with E-state index in [0.29, 0.717) is 34.9 Å². The third-order valence-electron chi connectivity index (χ3n) is 6.48. The molecule has 0 saturated carbocycles. The van der Waals surface area contributed by atoms with Crippen LogP contribution < -0.4 is 10.2 Å². The van der Waals surface area contributed by atoms with Crippen molar-refractivity contribution in [3.8, 4) is 5.69 Å². The zero-order valence-corrected chi connectivity index (χ0v) is 19.3. The summed E-state index contributed by atoms with van der Waals surface area (Å²) < 4.78 is 1.62. The Morgan fingerprint density at radius 3 is 2.83 bits per heavy atom. The van der Waals surface area contributed by atoms with Crippen molar-refractivity contribution >= 4 is 33.7 Å². The van der Waals surface area contributed by atoms with Gasteiger partial charge in [-0.15, -0.1) is 5.10 Å². The first-order valence-electron chi connectivity index (χ1n) is 11.7. The van der Waals surface area contributed by atoms with E-state index in [2.05, 4.69) is 44.7 Å². The predicted octanol–water partition coefficient (Wildman–Crippen LogP) is 3.47. The van der Waals surface area contributed by atoms with Crippen molar-refractivity contribution < 1.29 is 4.79 Å². The Kier molecular flexibility index (Phi) is 5.38. The molecule has 9 heteroatoms. The van der Waals surface area contributed by atoms with Crippen molar-refractivity contribution in [3.05, 3.63) is 78.4 Å². The summed E-state index contributed by atoms with van der Waals surface area (Å²) in [6.45, 7) is 3.72. The number of aryl methyl sites for hydroxylation is 1. The lowest BCUT2D eigenvalue weighted by atomic mass is 10.0. The molecule has 1 aliphatic rings. The number of hydrogen-bond donors (Lipinski definition) is 1. The number of carbonyl (C=O) groups excluding carboxylic acids is 1. The van der Waals surface area contributed by atoms with Crippen molar-refractivity contribution in [2.24, 2.45) is 0 Å². The van der Waals surface area contributed by atoms with E-state index in [4.69, 9.17) is 4.98 Å². The Bertz CT molecular complexity index is 1520. The minimum absolute atomic E-state index is 0.0149. The van der Waals surface area contributed by atoms with Gasteiger partial charge in [0.1, 0.15) is 17.0 Å². The number of rotatable bonds is 4. The Morgan fingerprint density at radius 2 is 2.00 bits per heavy atom. The number of nitrogens with zero attached hydrogens (tertiary/aromatic N) is 7. The molecule has 0 radical (unpaired) electrons. The van der Waals surface area contributed by atoms with Gasteiger partial charge in [0.25, 0.3) is 5.91 Å². The van der Waals surface area contributed by atoms with E-state index in [1.165, 1.54) is 0 Å². The Labute approximate surface area is 201 Å². The van der Waals surface area contributed by atoms with Crippen LogP contribution in [0.15, 0.2) is 67.1 Å². The Morgan fingerprint density at radius 1 is 1.06 bits per heavy atom. The van der Waals surface area contributed by atoms with Crippen LogP contribution in [0.3, 0.4) is 0 Å². The first-order valence-corrected chi connectivity index (χ1v) is 11.7. The monoisotopic (exact) mass is 464 g/mol. The van der Waals surface area contributed by atoms with Gasteiger partial charge in [0.15, 0.2) is 5.65 Å². The SMILES string of the molecule is Cc1cccc2ccnc(N(C(=O)c3ccc(-n4nnc5cccnc54)cn3)[C@@H]3CCCNC3)c12. The van der Waals surface area contributed by atoms with Gasteiger partial charge in [-0.25, -0.2) is 15.0 Å². The summed E-state index contributed by atoms with van der Waals surface area (Å²) in [5.74, 6) is 0.506. The number of aromatic nitrogens is 6. The molecule has 0 spiro atoms. The van der Waals surface area contributed by atoms with Gasteiger partial charge in [-0.3, -0.25) is 9.69 Å². The molecule has 1 saturated heterocycles. The molecule has 1 N–H and O–H groups in total. The average Bonchev–Trinajstić information content (AvgIpc) is 3.34. The molecule has 4 aromatic heterocycles. The van der Waals surface area contributed by atoms with Crippen LogP contribution in [-0.2, 0) is 0 Å². The number of pyridine rings is 3. The zero-order chi connectivity index (χ0) is 23.8. The molecule has 9 nitrogen and oxygen atoms in total. The number of carbonyl (C=O) groups is 1. The number of hydrogen-bond acceptors (Lipinski definition) is 7. The number of fused-ring (bicyclic) bond motifs is 2. The maximum absolute atomic E-state index is 14.0. The van der Waals surface area contributed by atoms with Crippen LogP contribution in [0.4, 0.5) is 5.82 Å². The fourth-order valence-corrected chi connectivity index (χ4v) is 4.76. The molecule has 35 heavy (non-hydrogen) atoms. The number of amides is 1. The van der Waals surface area contributed by atoms with Crippen LogP contribution in [0.25, 0.3) is 27.6 Å². The zero-order valence-electron chi connectivity index (χ0n) is 19.3. The van der Waals surface area contributed by atoms with Gasteiger partial charge >= 0.3 is 0 Å². The third-order valence-corrected chi connectivity index (χ3v) is 6.48. The molecule has 174 valence electrons. The van der Waals surface area contributed by atoms with Crippen molar-refractivity contribution in [2.75, 3.05) is 18.0 Å². The highest BCUT2D eigenvalue weighted by Crippen LogP contribution is 2.31. The lowest BCUT2D eigenvalue weighted by molar-refractivity contribution is 0.0967. The number of nitrogens with one attached hydrogen (secondary N) is 1. The maximum atomic E-state index is 14.0. The Hall–Kier alpha value is -4.24. The smallest absolute Gasteiger partial charge is 0.278 e. The van der Waals surface area contributed by atoms with Gasteiger partial charge in [-0.05, 0) is 67.6 Å². The van der Waals surface area contributed by atoms with Gasteiger partial charge in [0.2, 0.25) is 0 Å². The van der Waals surface area contributed by atoms with Gasteiger partial charge in [-0.1, -0.05) is 23.4 Å². The largest absolute Gasteiger partial charge is 0.315 e. The third kappa shape index (κ3) is 3.79. The van der Waals surface area contributed by atoms with E-state index in [0.717, 1.165) is 35.7 Å². The van der Waals surface area contributed by atoms with Gasteiger partial charge in [-0.2, -0.15) is 4.68 Å². The van der Waals surface area contributed by atoms with E-state index >= 15 is 0 Å². The second-order valence-corrected chi connectivity index (χ2v) is 8.73. The van der Waals surface area contributed by atoms with Crippen LogP contribution in [0.2, 0.25) is 0 Å². The summed E-state index contributed by atoms with van der Waals surface area (Å²) in [4.78, 5) is 29.4. The second-order valence-electron chi connectivity index (χ2n) is 8.73. The molecule has 0 aliphatic carbocycles. The standard InChI is InChI=1S/C26H24N8O/c1-17-5-2-6-18-11-14-29-25(23(17)18)33(19-7-3-12-27-15-19)26(35)22-10-9-20(16-30-22)34-24-21(31-32-34)8-4-13-28-24/h2,4-6,8-11,13-14,16,19,27H,3,7,12,15H2,1H3/t19-/m1/s1. The van der Waals surface area contributed by atoms with E-state index in [-0.39, 0.29) is 11.9 Å². The molecule has 6 rings (SSSR count). The molecule has 5 aromatic rings. The molecule has 1 aromatic carbocycles. The normalized spacial score (nSPS) is 16.0. The molecule has 5 heterocycles. The molecular weight excluding hydrogens is 440 g/mol. The first kappa shape index (κ1) is 21.3. The summed E-state index contributed by atoms with van der Waals surface area (Å²) in [5.41, 5.74) is 3.46. The lowest BCUT2D eigenvalue weighted by Gasteiger charge is -2.34. The lowest BCUT2D eigenvalue weighted by Crippen LogP contribution is -2.49. The summed E-state index contributed by atoms with van der Waals surface area (Å²) in [6.07, 6.45) is 7.00. The number of piperidine rings is 1. The second kappa shape index (κ2) is 8.84. The molecule has 1 amide bonds. The van der Waals surface area contributed by atoms with Crippen LogP contribution in [0.1, 0.15) is 28.9 Å². The molecule has 1 aliphatic heterocycles.